The molecule has 2 rings (SSSR count). The highest BCUT2D eigenvalue weighted by Crippen LogP contribution is 2.27. The summed E-state index contributed by atoms with van der Waals surface area (Å²) in [5.74, 6) is 1.12. The van der Waals surface area contributed by atoms with E-state index in [1.165, 1.54) is 11.1 Å². The Balaban J connectivity index is 2.29. The third kappa shape index (κ3) is 1.58. The number of hydrogen-bond acceptors (Lipinski definition) is 2. The van der Waals surface area contributed by atoms with Gasteiger partial charge in [0.2, 0.25) is 0 Å². The first-order valence-corrected chi connectivity index (χ1v) is 4.89. The summed E-state index contributed by atoms with van der Waals surface area (Å²) >= 11 is 0. The van der Waals surface area contributed by atoms with E-state index < -0.39 is 0 Å². The molecule has 1 aliphatic rings. The molecular formula is C12H13NO. The van der Waals surface area contributed by atoms with E-state index in [9.17, 15) is 0 Å². The summed E-state index contributed by atoms with van der Waals surface area (Å²) in [6, 6.07) is 8.48. The zero-order valence-electron chi connectivity index (χ0n) is 8.29. The van der Waals surface area contributed by atoms with Crippen molar-refractivity contribution in [3.8, 4) is 11.8 Å². The highest BCUT2D eigenvalue weighted by Gasteiger charge is 2.18. The molecule has 0 saturated carbocycles. The Hall–Kier alpha value is -1.49. The first-order chi connectivity index (χ1) is 6.83. The minimum atomic E-state index is 0.205. The lowest BCUT2D eigenvalue weighted by molar-refractivity contribution is 0.413. The van der Waals surface area contributed by atoms with Gasteiger partial charge in [-0.3, -0.25) is 0 Å². The summed E-state index contributed by atoms with van der Waals surface area (Å²) in [6.45, 7) is 0. The normalized spacial score (nSPS) is 19.6. The minimum absolute atomic E-state index is 0.205. The Kier molecular flexibility index (Phi) is 2.41. The van der Waals surface area contributed by atoms with Crippen LogP contribution in [0.5, 0.6) is 5.75 Å². The van der Waals surface area contributed by atoms with Gasteiger partial charge in [0.25, 0.3) is 0 Å². The standard InChI is InChI=1S/C12H13NO/c1-14-12-5-4-10-6-9(8-13)2-3-11(10)7-12/h4-5,7,9H,2-3,6H2,1H3. The predicted octanol–water partition coefficient (Wildman–Crippen LogP) is 2.32. The highest BCUT2D eigenvalue weighted by molar-refractivity contribution is 5.37. The molecule has 14 heavy (non-hydrogen) atoms. The second-order valence-corrected chi connectivity index (χ2v) is 3.70. The molecule has 1 atom stereocenters. The van der Waals surface area contributed by atoms with Crippen LogP contribution in [0.15, 0.2) is 18.2 Å². The summed E-state index contributed by atoms with van der Waals surface area (Å²) < 4.78 is 5.17. The monoisotopic (exact) mass is 187 g/mol. The van der Waals surface area contributed by atoms with Gasteiger partial charge in [-0.1, -0.05) is 6.07 Å². The molecule has 2 nitrogen and oxygen atoms in total. The number of aryl methyl sites for hydroxylation is 1. The van der Waals surface area contributed by atoms with Crippen LogP contribution < -0.4 is 4.74 Å². The van der Waals surface area contributed by atoms with E-state index in [4.69, 9.17) is 10.00 Å². The molecule has 0 aliphatic heterocycles. The van der Waals surface area contributed by atoms with Crippen molar-refractivity contribution >= 4 is 0 Å². The van der Waals surface area contributed by atoms with Crippen LogP contribution in [0.1, 0.15) is 17.5 Å². The van der Waals surface area contributed by atoms with Gasteiger partial charge in [-0.25, -0.2) is 0 Å². The van der Waals surface area contributed by atoms with Crippen molar-refractivity contribution in [1.29, 1.82) is 5.26 Å². The lowest BCUT2D eigenvalue weighted by atomic mass is 9.85. The molecule has 0 saturated heterocycles. The average molecular weight is 187 g/mol. The molecule has 0 bridgehead atoms. The maximum absolute atomic E-state index is 8.84. The predicted molar refractivity (Wildman–Crippen MR) is 54.1 cm³/mol. The van der Waals surface area contributed by atoms with E-state index in [1.54, 1.807) is 7.11 Å². The first kappa shape index (κ1) is 9.08. The van der Waals surface area contributed by atoms with E-state index >= 15 is 0 Å². The van der Waals surface area contributed by atoms with Gasteiger partial charge in [0.1, 0.15) is 5.75 Å². The van der Waals surface area contributed by atoms with Gasteiger partial charge in [-0.2, -0.15) is 5.26 Å². The van der Waals surface area contributed by atoms with Gasteiger partial charge in [-0.15, -0.1) is 0 Å². The molecule has 0 heterocycles. The van der Waals surface area contributed by atoms with Crippen LogP contribution >= 0.6 is 0 Å². The second-order valence-electron chi connectivity index (χ2n) is 3.70. The van der Waals surface area contributed by atoms with Crippen molar-refractivity contribution < 1.29 is 4.74 Å². The van der Waals surface area contributed by atoms with E-state index in [0.29, 0.717) is 0 Å². The molecule has 2 heteroatoms. The third-order valence-corrected chi connectivity index (χ3v) is 2.82. The molecule has 0 radical (unpaired) electrons. The zero-order chi connectivity index (χ0) is 9.97. The van der Waals surface area contributed by atoms with Gasteiger partial charge >= 0.3 is 0 Å². The molecule has 1 aromatic carbocycles. The Morgan fingerprint density at radius 2 is 2.29 bits per heavy atom. The molecule has 1 aliphatic carbocycles. The van der Waals surface area contributed by atoms with Crippen LogP contribution in [0.25, 0.3) is 0 Å². The molecular weight excluding hydrogens is 174 g/mol. The number of nitriles is 1. The second kappa shape index (κ2) is 3.71. The van der Waals surface area contributed by atoms with Crippen molar-refractivity contribution in [3.63, 3.8) is 0 Å². The van der Waals surface area contributed by atoms with Crippen LogP contribution in [0, 0.1) is 17.2 Å². The quantitative estimate of drug-likeness (QED) is 0.676. The topological polar surface area (TPSA) is 33.0 Å². The van der Waals surface area contributed by atoms with Gasteiger partial charge in [0.05, 0.1) is 19.1 Å². The smallest absolute Gasteiger partial charge is 0.119 e. The lowest BCUT2D eigenvalue weighted by Gasteiger charge is -2.19. The SMILES string of the molecule is COc1ccc2c(c1)CCC(C#N)C2. The maximum atomic E-state index is 8.84. The number of ether oxygens (including phenoxy) is 1. The van der Waals surface area contributed by atoms with Crippen molar-refractivity contribution in [2.75, 3.05) is 7.11 Å². The fraction of sp³-hybridized carbons (Fsp3) is 0.417. The van der Waals surface area contributed by atoms with Crippen LogP contribution in [-0.4, -0.2) is 7.11 Å². The fourth-order valence-electron chi connectivity index (χ4n) is 1.97. The Labute approximate surface area is 84.1 Å². The number of benzene rings is 1. The Bertz CT molecular complexity index is 378. The highest BCUT2D eigenvalue weighted by atomic mass is 16.5. The summed E-state index contributed by atoms with van der Waals surface area (Å²) in [6.07, 6.45) is 2.89. The first-order valence-electron chi connectivity index (χ1n) is 4.89. The molecule has 0 N–H and O–H groups in total. The van der Waals surface area contributed by atoms with Crippen LogP contribution in [0.4, 0.5) is 0 Å². The molecule has 0 fully saturated rings. The van der Waals surface area contributed by atoms with Crippen molar-refractivity contribution in [2.24, 2.45) is 5.92 Å². The van der Waals surface area contributed by atoms with Crippen molar-refractivity contribution in [3.05, 3.63) is 29.3 Å². The minimum Gasteiger partial charge on any atom is -0.497 e. The van der Waals surface area contributed by atoms with E-state index in [-0.39, 0.29) is 5.92 Å². The number of nitrogens with zero attached hydrogens (tertiary/aromatic N) is 1. The number of rotatable bonds is 1. The maximum Gasteiger partial charge on any atom is 0.119 e. The molecule has 72 valence electrons. The Morgan fingerprint density at radius 1 is 1.43 bits per heavy atom. The summed E-state index contributed by atoms with van der Waals surface area (Å²) in [4.78, 5) is 0. The number of methoxy groups -OCH3 is 1. The van der Waals surface area contributed by atoms with Crippen molar-refractivity contribution in [2.45, 2.75) is 19.3 Å². The lowest BCUT2D eigenvalue weighted by Crippen LogP contribution is -2.12. The van der Waals surface area contributed by atoms with Gasteiger partial charge < -0.3 is 4.74 Å². The summed E-state index contributed by atoms with van der Waals surface area (Å²) in [7, 11) is 1.68. The molecule has 1 unspecified atom stereocenters. The van der Waals surface area contributed by atoms with Gasteiger partial charge in [0.15, 0.2) is 0 Å². The Morgan fingerprint density at radius 3 is 3.00 bits per heavy atom. The third-order valence-electron chi connectivity index (χ3n) is 2.82. The van der Waals surface area contributed by atoms with Crippen LogP contribution in [0.2, 0.25) is 0 Å². The molecule has 1 aromatic rings. The molecule has 0 spiro atoms. The summed E-state index contributed by atoms with van der Waals surface area (Å²) in [5.41, 5.74) is 2.65. The van der Waals surface area contributed by atoms with Crippen molar-refractivity contribution in [1.82, 2.24) is 0 Å². The fourth-order valence-corrected chi connectivity index (χ4v) is 1.97. The van der Waals surface area contributed by atoms with E-state index in [1.807, 2.05) is 6.07 Å². The van der Waals surface area contributed by atoms with Gasteiger partial charge in [-0.05, 0) is 42.5 Å². The number of hydrogen-bond donors (Lipinski definition) is 0. The van der Waals surface area contributed by atoms with Gasteiger partial charge in [0, 0.05) is 0 Å². The zero-order valence-corrected chi connectivity index (χ0v) is 8.29. The molecule has 0 aromatic heterocycles. The van der Waals surface area contributed by atoms with E-state index in [2.05, 4.69) is 18.2 Å². The van der Waals surface area contributed by atoms with Crippen LogP contribution in [0.3, 0.4) is 0 Å². The van der Waals surface area contributed by atoms with Crippen LogP contribution in [-0.2, 0) is 12.8 Å². The largest absolute Gasteiger partial charge is 0.497 e. The molecule has 0 amide bonds. The average Bonchev–Trinajstić information content (AvgIpc) is 2.27. The number of fused-ring (bicyclic) bond motifs is 1. The van der Waals surface area contributed by atoms with E-state index in [0.717, 1.165) is 25.0 Å². The summed E-state index contributed by atoms with van der Waals surface area (Å²) in [5, 5.41) is 8.84.